The molecular weight excluding hydrogens is 596 g/mol. The SMILES string of the molecule is O=c1c(-c2ccc(-c3nncs3)cc2F)cc2cnc(Nc3ccc(N4CCNCC4)c(C(F)(F)F)c3)nc2n1CC1CC1. The van der Waals surface area contributed by atoms with Gasteiger partial charge in [-0.25, -0.2) is 9.37 Å². The third-order valence-corrected chi connectivity index (χ3v) is 8.59. The smallest absolute Gasteiger partial charge is 0.368 e. The standard InChI is InChI=1S/C30H26F4N8OS/c31-24-12-18(27-40-37-16-44-27)3-5-21(24)22-11-19-14-36-29(39-26(19)42(28(22)43)15-17-1-2-17)38-20-4-6-25(23(13-20)30(32,33)34)41-9-7-35-8-10-41/h3-6,11-14,16-17,35H,1-2,7-10,15H2,(H,36,38,39). The predicted molar refractivity (Wildman–Crippen MR) is 161 cm³/mol. The molecule has 4 heterocycles. The molecule has 44 heavy (non-hydrogen) atoms. The van der Waals surface area contributed by atoms with Gasteiger partial charge < -0.3 is 15.5 Å². The second kappa shape index (κ2) is 11.2. The Labute approximate surface area is 252 Å². The van der Waals surface area contributed by atoms with Gasteiger partial charge in [0.25, 0.3) is 5.56 Å². The minimum absolute atomic E-state index is 0.0461. The maximum absolute atomic E-state index is 15.4. The molecule has 0 spiro atoms. The van der Waals surface area contributed by atoms with Crippen LogP contribution in [0.2, 0.25) is 0 Å². The number of nitrogens with zero attached hydrogens (tertiary/aromatic N) is 6. The quantitative estimate of drug-likeness (QED) is 0.223. The summed E-state index contributed by atoms with van der Waals surface area (Å²) in [6, 6.07) is 10.2. The van der Waals surface area contributed by atoms with Crippen LogP contribution in [0.4, 0.5) is 34.9 Å². The van der Waals surface area contributed by atoms with Gasteiger partial charge in [0.05, 0.1) is 11.1 Å². The molecule has 1 aliphatic carbocycles. The fourth-order valence-corrected chi connectivity index (χ4v) is 6.01. The van der Waals surface area contributed by atoms with Crippen LogP contribution in [-0.2, 0) is 12.7 Å². The number of alkyl halides is 3. The summed E-state index contributed by atoms with van der Waals surface area (Å²) in [6.07, 6.45) is -1.16. The molecule has 1 saturated carbocycles. The van der Waals surface area contributed by atoms with E-state index in [0.717, 1.165) is 18.9 Å². The molecule has 2 fully saturated rings. The van der Waals surface area contributed by atoms with Crippen molar-refractivity contribution < 1.29 is 17.6 Å². The number of benzene rings is 2. The zero-order valence-electron chi connectivity index (χ0n) is 23.2. The summed E-state index contributed by atoms with van der Waals surface area (Å²) in [7, 11) is 0. The van der Waals surface area contributed by atoms with Crippen LogP contribution in [0.3, 0.4) is 0 Å². The first-order valence-corrected chi connectivity index (χ1v) is 15.0. The topological polar surface area (TPSA) is 101 Å². The molecule has 226 valence electrons. The normalized spacial score (nSPS) is 15.6. The number of hydrogen-bond acceptors (Lipinski definition) is 9. The molecule has 7 rings (SSSR count). The van der Waals surface area contributed by atoms with Crippen LogP contribution in [0, 0.1) is 11.7 Å². The molecule has 9 nitrogen and oxygen atoms in total. The molecule has 2 aromatic carbocycles. The predicted octanol–water partition coefficient (Wildman–Crippen LogP) is 5.70. The van der Waals surface area contributed by atoms with Crippen LogP contribution in [0.5, 0.6) is 0 Å². The summed E-state index contributed by atoms with van der Waals surface area (Å²) in [6.45, 7) is 2.55. The first-order chi connectivity index (χ1) is 21.2. The third kappa shape index (κ3) is 5.62. The van der Waals surface area contributed by atoms with Crippen LogP contribution >= 0.6 is 11.3 Å². The Bertz CT molecular complexity index is 1900. The zero-order chi connectivity index (χ0) is 30.4. The largest absolute Gasteiger partial charge is 0.418 e. The van der Waals surface area contributed by atoms with Crippen molar-refractivity contribution >= 4 is 39.7 Å². The average Bonchev–Trinajstić information content (AvgIpc) is 3.67. The molecule has 14 heteroatoms. The first kappa shape index (κ1) is 28.3. The molecule has 0 bridgehead atoms. The van der Waals surface area contributed by atoms with Crippen molar-refractivity contribution in [1.29, 1.82) is 0 Å². The van der Waals surface area contributed by atoms with Gasteiger partial charge in [0.15, 0.2) is 0 Å². The Hall–Kier alpha value is -4.43. The van der Waals surface area contributed by atoms with Crippen molar-refractivity contribution in [1.82, 2.24) is 30.0 Å². The van der Waals surface area contributed by atoms with Crippen molar-refractivity contribution in [3.05, 3.63) is 75.9 Å². The van der Waals surface area contributed by atoms with Crippen molar-refractivity contribution in [2.75, 3.05) is 36.4 Å². The lowest BCUT2D eigenvalue weighted by atomic mass is 10.0. The van der Waals surface area contributed by atoms with Crippen molar-refractivity contribution in [2.24, 2.45) is 5.92 Å². The number of nitrogens with one attached hydrogen (secondary N) is 2. The molecule has 2 aliphatic rings. The van der Waals surface area contributed by atoms with E-state index in [1.54, 1.807) is 34.7 Å². The minimum Gasteiger partial charge on any atom is -0.368 e. The van der Waals surface area contributed by atoms with Crippen molar-refractivity contribution in [3.63, 3.8) is 0 Å². The number of anilines is 3. The van der Waals surface area contributed by atoms with Gasteiger partial charge in [0.1, 0.15) is 22.0 Å². The summed E-state index contributed by atoms with van der Waals surface area (Å²) in [4.78, 5) is 24.4. The second-order valence-electron chi connectivity index (χ2n) is 10.9. The van der Waals surface area contributed by atoms with Crippen molar-refractivity contribution in [3.8, 4) is 21.7 Å². The van der Waals surface area contributed by atoms with Gasteiger partial charge in [-0.2, -0.15) is 18.2 Å². The molecule has 3 aromatic heterocycles. The van der Waals surface area contributed by atoms with Crippen molar-refractivity contribution in [2.45, 2.75) is 25.6 Å². The lowest BCUT2D eigenvalue weighted by Crippen LogP contribution is -2.44. The highest BCUT2D eigenvalue weighted by atomic mass is 32.1. The van der Waals surface area contributed by atoms with E-state index in [1.807, 2.05) is 0 Å². The van der Waals surface area contributed by atoms with E-state index in [1.165, 1.54) is 34.2 Å². The Morgan fingerprint density at radius 2 is 1.86 bits per heavy atom. The van der Waals surface area contributed by atoms with Crippen LogP contribution in [-0.4, -0.2) is 50.9 Å². The van der Waals surface area contributed by atoms with E-state index in [4.69, 9.17) is 0 Å². The molecule has 5 aromatic rings. The Balaban J connectivity index is 1.25. The second-order valence-corrected chi connectivity index (χ2v) is 11.8. The molecule has 0 radical (unpaired) electrons. The van der Waals surface area contributed by atoms with Gasteiger partial charge in [-0.05, 0) is 49.1 Å². The highest BCUT2D eigenvalue weighted by molar-refractivity contribution is 7.12. The molecule has 0 amide bonds. The Morgan fingerprint density at radius 1 is 1.05 bits per heavy atom. The average molecular weight is 623 g/mol. The number of hydrogen-bond donors (Lipinski definition) is 2. The molecule has 1 saturated heterocycles. The molecule has 2 N–H and O–H groups in total. The molecule has 0 unspecified atom stereocenters. The number of rotatable bonds is 7. The fraction of sp³-hybridized carbons (Fsp3) is 0.300. The minimum atomic E-state index is -4.56. The highest BCUT2D eigenvalue weighted by Gasteiger charge is 2.35. The lowest BCUT2D eigenvalue weighted by molar-refractivity contribution is -0.137. The maximum atomic E-state index is 15.4. The van der Waals surface area contributed by atoms with Gasteiger partial charge in [-0.3, -0.25) is 9.36 Å². The third-order valence-electron chi connectivity index (χ3n) is 7.85. The van der Waals surface area contributed by atoms with Gasteiger partial charge >= 0.3 is 6.18 Å². The Morgan fingerprint density at radius 3 is 2.57 bits per heavy atom. The first-order valence-electron chi connectivity index (χ1n) is 14.2. The summed E-state index contributed by atoms with van der Waals surface area (Å²) >= 11 is 1.28. The van der Waals surface area contributed by atoms with Gasteiger partial charge in [0.2, 0.25) is 5.95 Å². The number of aromatic nitrogens is 5. The van der Waals surface area contributed by atoms with E-state index in [-0.39, 0.29) is 34.4 Å². The van der Waals surface area contributed by atoms with Gasteiger partial charge in [-0.15, -0.1) is 10.2 Å². The van der Waals surface area contributed by atoms with Crippen LogP contribution in [0.15, 0.2) is 59.0 Å². The molecular formula is C30H26F4N8OS. The molecule has 0 atom stereocenters. The summed E-state index contributed by atoms with van der Waals surface area (Å²) < 4.78 is 59.1. The summed E-state index contributed by atoms with van der Waals surface area (Å²) in [5, 5.41) is 14.9. The van der Waals surface area contributed by atoms with E-state index < -0.39 is 23.1 Å². The van der Waals surface area contributed by atoms with Crippen LogP contribution in [0.25, 0.3) is 32.7 Å². The fourth-order valence-electron chi connectivity index (χ4n) is 5.46. The lowest BCUT2D eigenvalue weighted by Gasteiger charge is -2.31. The number of fused-ring (bicyclic) bond motifs is 1. The number of piperazine rings is 1. The zero-order valence-corrected chi connectivity index (χ0v) is 24.1. The van der Waals surface area contributed by atoms with E-state index >= 15 is 4.39 Å². The van der Waals surface area contributed by atoms with E-state index in [0.29, 0.717) is 54.3 Å². The van der Waals surface area contributed by atoms with E-state index in [2.05, 4.69) is 30.8 Å². The van der Waals surface area contributed by atoms with Gasteiger partial charge in [-0.1, -0.05) is 23.5 Å². The number of pyridine rings is 1. The highest BCUT2D eigenvalue weighted by Crippen LogP contribution is 2.39. The maximum Gasteiger partial charge on any atom is 0.418 e. The summed E-state index contributed by atoms with van der Waals surface area (Å²) in [5.74, 6) is -0.241. The summed E-state index contributed by atoms with van der Waals surface area (Å²) in [5.41, 5.74) is 1.88. The number of halogens is 4. The molecule has 1 aliphatic heterocycles. The van der Waals surface area contributed by atoms with Crippen LogP contribution in [0.1, 0.15) is 18.4 Å². The van der Waals surface area contributed by atoms with E-state index in [9.17, 15) is 18.0 Å². The monoisotopic (exact) mass is 622 g/mol. The van der Waals surface area contributed by atoms with Crippen LogP contribution < -0.4 is 21.1 Å². The Kier molecular flexibility index (Phi) is 7.25. The van der Waals surface area contributed by atoms with Gasteiger partial charge in [0, 0.05) is 66.8 Å².